The molecule has 284 valence electrons. The van der Waals surface area contributed by atoms with E-state index in [4.69, 9.17) is 5.10 Å². The number of rotatable bonds is 5. The summed E-state index contributed by atoms with van der Waals surface area (Å²) in [7, 11) is 1.99. The molecule has 0 spiro atoms. The Morgan fingerprint density at radius 2 is 1.21 bits per heavy atom. The molecule has 9 rings (SSSR count). The number of hydrogen-bond acceptors (Lipinski definition) is 3. The summed E-state index contributed by atoms with van der Waals surface area (Å²) in [6.07, 6.45) is 0. The van der Waals surface area contributed by atoms with Crippen LogP contribution >= 0.6 is 0 Å². The van der Waals surface area contributed by atoms with Crippen LogP contribution in [-0.4, -0.2) is 21.4 Å². The van der Waals surface area contributed by atoms with Crippen LogP contribution < -0.4 is 9.80 Å². The summed E-state index contributed by atoms with van der Waals surface area (Å²) >= 11 is 0. The molecule has 0 N–H and O–H groups in total. The molecule has 0 amide bonds. The van der Waals surface area contributed by atoms with Crippen molar-refractivity contribution in [2.24, 2.45) is 0 Å². The van der Waals surface area contributed by atoms with Gasteiger partial charge in [-0.3, -0.25) is 4.68 Å². The Kier molecular flexibility index (Phi) is 9.16. The van der Waals surface area contributed by atoms with E-state index < -0.39 is 40.1 Å². The minimum absolute atomic E-state index is 0. The van der Waals surface area contributed by atoms with Crippen molar-refractivity contribution in [2.75, 3.05) is 16.8 Å². The fourth-order valence-electron chi connectivity index (χ4n) is 7.47. The van der Waals surface area contributed by atoms with E-state index in [1.54, 1.807) is 57.2 Å². The molecule has 0 bridgehead atoms. The maximum absolute atomic E-state index is 15.8. The van der Waals surface area contributed by atoms with E-state index in [1.807, 2.05) is 78.9 Å². The SMILES string of the molecule is CN1[CH-]N(c2[c-]c(-n3c4[c-]c(-n5nc(C(C)(C)C)c(-c6c(F)c(F)c(F)c(F)c6F)c5-c5ccccc5)ccc4c4ccccc43)ccc2)c2ccccc21.[Pt]. The molecule has 0 radical (unpaired) electrons. The van der Waals surface area contributed by atoms with Gasteiger partial charge in [0.1, 0.15) is 0 Å². The zero-order valence-corrected chi connectivity index (χ0v) is 32.7. The first-order valence-electron chi connectivity index (χ1n) is 17.6. The first kappa shape index (κ1) is 37.2. The van der Waals surface area contributed by atoms with Gasteiger partial charge in [0.15, 0.2) is 23.3 Å². The number of halogens is 5. The van der Waals surface area contributed by atoms with Gasteiger partial charge in [-0.25, -0.2) is 22.0 Å². The van der Waals surface area contributed by atoms with Gasteiger partial charge in [0.25, 0.3) is 0 Å². The quantitative estimate of drug-likeness (QED) is 0.0745. The molecule has 11 heteroatoms. The Hall–Kier alpha value is -5.73. The molecule has 0 fully saturated rings. The zero-order chi connectivity index (χ0) is 38.3. The van der Waals surface area contributed by atoms with E-state index in [-0.39, 0.29) is 38.0 Å². The van der Waals surface area contributed by atoms with Crippen LogP contribution in [0.15, 0.2) is 109 Å². The third-order valence-electron chi connectivity index (χ3n) is 9.97. The van der Waals surface area contributed by atoms with Crippen molar-refractivity contribution in [3.05, 3.63) is 163 Å². The molecule has 2 aromatic heterocycles. The maximum Gasteiger partial charge on any atom is 0.200 e. The molecule has 1 aliphatic heterocycles. The third-order valence-corrected chi connectivity index (χ3v) is 9.97. The number of fused-ring (bicyclic) bond motifs is 4. The van der Waals surface area contributed by atoms with Gasteiger partial charge in [-0.15, -0.1) is 41.4 Å². The molecule has 0 unspecified atom stereocenters. The van der Waals surface area contributed by atoms with E-state index in [0.29, 0.717) is 16.8 Å². The Bertz CT molecular complexity index is 2790. The summed E-state index contributed by atoms with van der Waals surface area (Å²) in [5.74, 6) is -10.2. The normalized spacial score (nSPS) is 12.8. The fraction of sp³-hybridized carbons (Fsp3) is 0.111. The molecule has 3 heterocycles. The van der Waals surface area contributed by atoms with Crippen LogP contribution in [-0.2, 0) is 26.5 Å². The van der Waals surface area contributed by atoms with Crippen molar-refractivity contribution in [2.45, 2.75) is 26.2 Å². The summed E-state index contributed by atoms with van der Waals surface area (Å²) in [4.78, 5) is 4.13. The predicted molar refractivity (Wildman–Crippen MR) is 206 cm³/mol. The summed E-state index contributed by atoms with van der Waals surface area (Å²) in [5, 5.41) is 6.74. The Morgan fingerprint density at radius 3 is 1.93 bits per heavy atom. The zero-order valence-electron chi connectivity index (χ0n) is 30.4. The average molecular weight is 932 g/mol. The van der Waals surface area contributed by atoms with Gasteiger partial charge < -0.3 is 14.4 Å². The number of para-hydroxylation sites is 3. The monoisotopic (exact) mass is 931 g/mol. The number of anilines is 3. The van der Waals surface area contributed by atoms with Gasteiger partial charge >= 0.3 is 0 Å². The molecule has 6 aromatic carbocycles. The topological polar surface area (TPSA) is 29.2 Å². The van der Waals surface area contributed by atoms with Gasteiger partial charge in [0, 0.05) is 54.5 Å². The molecule has 0 atom stereocenters. The molecule has 1 aliphatic rings. The first-order valence-corrected chi connectivity index (χ1v) is 17.6. The van der Waals surface area contributed by atoms with Gasteiger partial charge in [-0.1, -0.05) is 92.6 Å². The van der Waals surface area contributed by atoms with Crippen LogP contribution in [0.1, 0.15) is 26.5 Å². The van der Waals surface area contributed by atoms with Crippen molar-refractivity contribution in [1.29, 1.82) is 0 Å². The summed E-state index contributed by atoms with van der Waals surface area (Å²) in [5.41, 5.74) is 4.15. The molecule has 56 heavy (non-hydrogen) atoms. The molecule has 0 aliphatic carbocycles. The van der Waals surface area contributed by atoms with Crippen LogP contribution in [0, 0.1) is 47.9 Å². The Morgan fingerprint density at radius 1 is 0.589 bits per heavy atom. The number of benzene rings is 6. The summed E-state index contributed by atoms with van der Waals surface area (Å²) in [6, 6.07) is 41.5. The molecule has 5 nitrogen and oxygen atoms in total. The second kappa shape index (κ2) is 13.8. The smallest absolute Gasteiger partial charge is 0.200 e. The van der Waals surface area contributed by atoms with Crippen LogP contribution in [0.2, 0.25) is 0 Å². The van der Waals surface area contributed by atoms with Crippen molar-refractivity contribution in [1.82, 2.24) is 14.3 Å². The molecule has 8 aromatic rings. The molecule has 0 saturated carbocycles. The van der Waals surface area contributed by atoms with Crippen molar-refractivity contribution < 1.29 is 43.0 Å². The summed E-state index contributed by atoms with van der Waals surface area (Å²) in [6.45, 7) is 7.32. The van der Waals surface area contributed by atoms with Gasteiger partial charge in [0.05, 0.1) is 17.0 Å². The van der Waals surface area contributed by atoms with Crippen molar-refractivity contribution in [3.63, 3.8) is 0 Å². The Labute approximate surface area is 334 Å². The number of hydrogen-bond donors (Lipinski definition) is 0. The van der Waals surface area contributed by atoms with Gasteiger partial charge in [-0.05, 0) is 36.3 Å². The van der Waals surface area contributed by atoms with Gasteiger partial charge in [0.2, 0.25) is 5.82 Å². The third kappa shape index (κ3) is 5.72. The van der Waals surface area contributed by atoms with Crippen molar-refractivity contribution in [3.8, 4) is 33.8 Å². The average Bonchev–Trinajstić information content (AvgIpc) is 3.86. The molecule has 0 saturated heterocycles. The van der Waals surface area contributed by atoms with E-state index in [2.05, 4.69) is 34.1 Å². The van der Waals surface area contributed by atoms with E-state index in [9.17, 15) is 13.2 Å². The molecular formula is C45H31F5N5Pt-3. The van der Waals surface area contributed by atoms with E-state index in [1.165, 1.54) is 4.68 Å². The maximum atomic E-state index is 15.8. The van der Waals surface area contributed by atoms with Crippen molar-refractivity contribution >= 4 is 38.9 Å². The minimum Gasteiger partial charge on any atom is -0.504 e. The van der Waals surface area contributed by atoms with Crippen LogP contribution in [0.5, 0.6) is 0 Å². The Balaban J connectivity index is 0.00000441. The largest absolute Gasteiger partial charge is 0.504 e. The first-order chi connectivity index (χ1) is 26.4. The fourth-order valence-corrected chi connectivity index (χ4v) is 7.47. The van der Waals surface area contributed by atoms with Crippen LogP contribution in [0.4, 0.5) is 39.0 Å². The minimum atomic E-state index is -2.23. The standard InChI is InChI=1S/C45H31F5N5.Pt/c1-45(2,3)44-37(36-38(46)40(48)42(50)41(49)39(36)47)43(26-13-6-5-7-14-26)55(51-44)29-21-22-31-30-17-8-9-18-32(30)54(35(31)24-29)28-16-12-15-27(23-28)53-25-52(4)33-19-10-11-20-34(33)53;/h5-22,25H,1-4H3;/q-3;. The van der Waals surface area contributed by atoms with Crippen LogP contribution in [0.25, 0.3) is 55.6 Å². The van der Waals surface area contributed by atoms with Gasteiger partial charge in [-0.2, -0.15) is 23.9 Å². The molecular weight excluding hydrogens is 901 g/mol. The van der Waals surface area contributed by atoms with E-state index >= 15 is 8.78 Å². The second-order valence-electron chi connectivity index (χ2n) is 14.5. The summed E-state index contributed by atoms with van der Waals surface area (Å²) < 4.78 is 79.3. The predicted octanol–water partition coefficient (Wildman–Crippen LogP) is 11.6. The number of aromatic nitrogens is 3. The van der Waals surface area contributed by atoms with Crippen LogP contribution in [0.3, 0.4) is 0 Å². The number of nitrogens with zero attached hydrogens (tertiary/aromatic N) is 5. The second-order valence-corrected chi connectivity index (χ2v) is 14.5. The van der Waals surface area contributed by atoms with E-state index in [0.717, 1.165) is 39.0 Å².